The van der Waals surface area contributed by atoms with Gasteiger partial charge < -0.3 is 21.6 Å². The summed E-state index contributed by atoms with van der Waals surface area (Å²) in [5, 5.41) is 17.4. The Morgan fingerprint density at radius 1 is 1.20 bits per heavy atom. The van der Waals surface area contributed by atoms with Crippen molar-refractivity contribution >= 4 is 33.4 Å². The molecule has 12 heteroatoms. The molecule has 0 aliphatic carbocycles. The van der Waals surface area contributed by atoms with Gasteiger partial charge in [-0.3, -0.25) is 9.59 Å². The highest BCUT2D eigenvalue weighted by Gasteiger charge is 2.22. The van der Waals surface area contributed by atoms with Gasteiger partial charge in [0, 0.05) is 30.2 Å². The molecule has 1 unspecified atom stereocenters. The molecule has 190 valence electrons. The second-order valence-corrected chi connectivity index (χ2v) is 9.99. The number of benzene rings is 1. The first-order chi connectivity index (χ1) is 16.6. The van der Waals surface area contributed by atoms with Crippen molar-refractivity contribution in [1.29, 1.82) is 0 Å². The summed E-state index contributed by atoms with van der Waals surface area (Å²) in [6.45, 7) is 1.78. The van der Waals surface area contributed by atoms with E-state index in [4.69, 9.17) is 17.3 Å². The zero-order valence-electron chi connectivity index (χ0n) is 19.4. The summed E-state index contributed by atoms with van der Waals surface area (Å²) < 4.78 is 27.5. The highest BCUT2D eigenvalue weighted by Crippen LogP contribution is 2.15. The van der Waals surface area contributed by atoms with Crippen molar-refractivity contribution in [3.8, 4) is 0 Å². The van der Waals surface area contributed by atoms with E-state index >= 15 is 0 Å². The Labute approximate surface area is 210 Å². The molecule has 0 fully saturated rings. The smallest absolute Gasteiger partial charge is 0.242 e. The largest absolute Gasteiger partial charge is 0.618 e. The lowest BCUT2D eigenvalue weighted by Crippen LogP contribution is -2.48. The highest BCUT2D eigenvalue weighted by molar-refractivity contribution is 7.89. The number of sulfonamides is 1. The monoisotopic (exact) mass is 523 g/mol. The first-order valence-electron chi connectivity index (χ1n) is 11.0. The van der Waals surface area contributed by atoms with Crippen LogP contribution in [-0.2, 0) is 39.1 Å². The summed E-state index contributed by atoms with van der Waals surface area (Å²) in [6.07, 6.45) is 4.77. The van der Waals surface area contributed by atoms with Crippen molar-refractivity contribution in [1.82, 2.24) is 15.4 Å². The molecule has 1 atom stereocenters. The van der Waals surface area contributed by atoms with Gasteiger partial charge in [-0.15, -0.1) is 0 Å². The number of rotatable bonds is 13. The molecule has 2 rings (SSSR count). The summed E-state index contributed by atoms with van der Waals surface area (Å²) >= 11 is 6.00. The SMILES string of the molecule is CCCS(=O)(=O)NC(/C=C\Cc1cccc[n+]1[O-])C(=O)NCC(=O)NCc1cc(Cl)ccc1CN. The van der Waals surface area contributed by atoms with Crippen LogP contribution >= 0.6 is 11.6 Å². The highest BCUT2D eigenvalue weighted by atomic mass is 35.5. The molecule has 0 radical (unpaired) electrons. The fraction of sp³-hybridized carbons (Fsp3) is 0.348. The molecule has 0 saturated carbocycles. The second kappa shape index (κ2) is 13.8. The van der Waals surface area contributed by atoms with Gasteiger partial charge in [-0.05, 0) is 29.7 Å². The molecule has 1 heterocycles. The fourth-order valence-corrected chi connectivity index (χ4v) is 4.56. The summed E-state index contributed by atoms with van der Waals surface area (Å²) in [5.74, 6) is -1.34. The minimum atomic E-state index is -3.73. The van der Waals surface area contributed by atoms with Crippen LogP contribution in [0.2, 0.25) is 5.02 Å². The molecule has 0 spiro atoms. The van der Waals surface area contributed by atoms with Gasteiger partial charge >= 0.3 is 0 Å². The molecular weight excluding hydrogens is 494 g/mol. The quantitative estimate of drug-likeness (QED) is 0.171. The minimum Gasteiger partial charge on any atom is -0.618 e. The molecule has 1 aromatic heterocycles. The number of hydrogen-bond donors (Lipinski definition) is 4. The third-order valence-electron chi connectivity index (χ3n) is 4.91. The molecule has 35 heavy (non-hydrogen) atoms. The molecule has 0 aliphatic heterocycles. The first-order valence-corrected chi connectivity index (χ1v) is 13.0. The third-order valence-corrected chi connectivity index (χ3v) is 6.70. The van der Waals surface area contributed by atoms with Crippen LogP contribution in [0.25, 0.3) is 0 Å². The van der Waals surface area contributed by atoms with Crippen LogP contribution in [0.1, 0.15) is 30.2 Å². The standard InChI is InChI=1S/C23H30ClN5O5S/c1-2-12-35(33,34)28-21(8-5-7-20-6-3-4-11-29(20)32)23(31)27-16-22(30)26-15-18-13-19(24)10-9-17(18)14-25/h3-6,8-11,13,21,28H,2,7,12,14-16,25H2,1H3,(H,26,30)(H,27,31)/b8-5-. The minimum absolute atomic E-state index is 0.159. The molecular formula is C23H30ClN5O5S. The normalized spacial score (nSPS) is 12.4. The van der Waals surface area contributed by atoms with E-state index in [0.717, 1.165) is 11.1 Å². The van der Waals surface area contributed by atoms with Crippen LogP contribution in [0.4, 0.5) is 0 Å². The zero-order valence-corrected chi connectivity index (χ0v) is 20.9. The summed E-state index contributed by atoms with van der Waals surface area (Å²) in [7, 11) is -3.73. The van der Waals surface area contributed by atoms with Crippen LogP contribution in [-0.4, -0.2) is 38.6 Å². The number of allylic oxidation sites excluding steroid dienone is 1. The molecule has 1 aromatic carbocycles. The van der Waals surface area contributed by atoms with E-state index < -0.39 is 27.9 Å². The zero-order chi connectivity index (χ0) is 25.8. The van der Waals surface area contributed by atoms with Crippen molar-refractivity contribution in [2.75, 3.05) is 12.3 Å². The Balaban J connectivity index is 2.00. The van der Waals surface area contributed by atoms with E-state index in [-0.39, 0.29) is 31.8 Å². The molecule has 5 N–H and O–H groups in total. The van der Waals surface area contributed by atoms with Crippen LogP contribution in [0.5, 0.6) is 0 Å². The lowest BCUT2D eigenvalue weighted by atomic mass is 10.1. The summed E-state index contributed by atoms with van der Waals surface area (Å²) in [4.78, 5) is 25.0. The summed E-state index contributed by atoms with van der Waals surface area (Å²) in [6, 6.07) is 8.83. The van der Waals surface area contributed by atoms with Gasteiger partial charge in [0.2, 0.25) is 21.8 Å². The van der Waals surface area contributed by atoms with Gasteiger partial charge in [0.25, 0.3) is 0 Å². The number of nitrogens with one attached hydrogen (secondary N) is 3. The van der Waals surface area contributed by atoms with E-state index in [1.165, 1.54) is 18.3 Å². The average Bonchev–Trinajstić information content (AvgIpc) is 2.81. The van der Waals surface area contributed by atoms with Gasteiger partial charge in [-0.1, -0.05) is 42.8 Å². The van der Waals surface area contributed by atoms with E-state index in [2.05, 4.69) is 15.4 Å². The number of amides is 2. The number of hydrogen-bond acceptors (Lipinski definition) is 6. The van der Waals surface area contributed by atoms with Crippen LogP contribution in [0.15, 0.2) is 54.7 Å². The van der Waals surface area contributed by atoms with Crippen molar-refractivity contribution < 1.29 is 22.7 Å². The van der Waals surface area contributed by atoms with E-state index in [1.54, 1.807) is 43.3 Å². The number of pyridine rings is 1. The maximum Gasteiger partial charge on any atom is 0.242 e. The third kappa shape index (κ3) is 9.65. The van der Waals surface area contributed by atoms with Gasteiger partial charge in [0.05, 0.1) is 18.7 Å². The maximum atomic E-state index is 12.7. The second-order valence-electron chi connectivity index (χ2n) is 7.68. The number of nitrogens with two attached hydrogens (primary N) is 1. The number of carbonyl (C=O) groups excluding carboxylic acids is 2. The molecule has 10 nitrogen and oxygen atoms in total. The van der Waals surface area contributed by atoms with Crippen molar-refractivity contribution in [2.45, 2.75) is 38.9 Å². The van der Waals surface area contributed by atoms with Crippen LogP contribution < -0.4 is 25.8 Å². The van der Waals surface area contributed by atoms with Crippen molar-refractivity contribution in [2.24, 2.45) is 5.73 Å². The number of carbonyl (C=O) groups is 2. The number of halogens is 1. The van der Waals surface area contributed by atoms with E-state index in [0.29, 0.717) is 21.9 Å². The molecule has 0 aliphatic rings. The Kier molecular flexibility index (Phi) is 11.1. The predicted octanol–water partition coefficient (Wildman–Crippen LogP) is 0.661. The molecule has 0 saturated heterocycles. The molecule has 2 amide bonds. The lowest BCUT2D eigenvalue weighted by Gasteiger charge is -2.16. The maximum absolute atomic E-state index is 12.7. The Morgan fingerprint density at radius 3 is 2.66 bits per heavy atom. The van der Waals surface area contributed by atoms with Crippen molar-refractivity contribution in [3.05, 3.63) is 81.8 Å². The lowest BCUT2D eigenvalue weighted by molar-refractivity contribution is -0.613. The van der Waals surface area contributed by atoms with Crippen molar-refractivity contribution in [3.63, 3.8) is 0 Å². The molecule has 0 bridgehead atoms. The van der Waals surface area contributed by atoms with Crippen LogP contribution in [0.3, 0.4) is 0 Å². The fourth-order valence-electron chi connectivity index (χ4n) is 3.14. The first kappa shape index (κ1) is 28.2. The molecule has 2 aromatic rings. The number of aromatic nitrogens is 1. The Bertz CT molecular complexity index is 1160. The van der Waals surface area contributed by atoms with Crippen LogP contribution in [0, 0.1) is 5.21 Å². The predicted molar refractivity (Wildman–Crippen MR) is 133 cm³/mol. The van der Waals surface area contributed by atoms with Gasteiger partial charge in [-0.25, -0.2) is 8.42 Å². The Morgan fingerprint density at radius 2 is 1.97 bits per heavy atom. The topological polar surface area (TPSA) is 157 Å². The van der Waals surface area contributed by atoms with Gasteiger partial charge in [0.1, 0.15) is 6.04 Å². The van der Waals surface area contributed by atoms with E-state index in [9.17, 15) is 23.2 Å². The van der Waals surface area contributed by atoms with Gasteiger partial charge in [0.15, 0.2) is 11.9 Å². The Hall–Kier alpha value is -2.99. The van der Waals surface area contributed by atoms with Gasteiger partial charge in [-0.2, -0.15) is 9.45 Å². The average molecular weight is 524 g/mol. The summed E-state index contributed by atoms with van der Waals surface area (Å²) in [5.41, 5.74) is 7.71. The van der Waals surface area contributed by atoms with E-state index in [1.807, 2.05) is 0 Å². The number of nitrogens with zero attached hydrogens (tertiary/aromatic N) is 1.